The minimum absolute atomic E-state index is 0.0979. The Labute approximate surface area is 158 Å². The number of halogens is 2. The number of hydrogen-bond acceptors (Lipinski definition) is 2. The maximum Gasteiger partial charge on any atom is 0.228 e. The monoisotopic (exact) mass is 376 g/mol. The highest BCUT2D eigenvalue weighted by atomic mass is 35.5. The number of piperidine rings is 1. The van der Waals surface area contributed by atoms with Crippen molar-refractivity contribution >= 4 is 34.8 Å². The molecule has 0 aromatic heterocycles. The molecule has 1 amide bonds. The van der Waals surface area contributed by atoms with E-state index in [1.165, 1.54) is 24.8 Å². The van der Waals surface area contributed by atoms with Gasteiger partial charge in [0.05, 0.1) is 16.5 Å². The van der Waals surface area contributed by atoms with Crippen LogP contribution in [-0.2, 0) is 17.8 Å². The fourth-order valence-electron chi connectivity index (χ4n) is 3.19. The second kappa shape index (κ2) is 8.70. The first kappa shape index (κ1) is 18.2. The largest absolute Gasteiger partial charge is 0.326 e. The molecule has 3 nitrogen and oxygen atoms in total. The highest BCUT2D eigenvalue weighted by Gasteiger charge is 2.12. The van der Waals surface area contributed by atoms with Gasteiger partial charge in [-0.2, -0.15) is 0 Å². The van der Waals surface area contributed by atoms with Crippen LogP contribution in [-0.4, -0.2) is 23.9 Å². The van der Waals surface area contributed by atoms with E-state index < -0.39 is 0 Å². The summed E-state index contributed by atoms with van der Waals surface area (Å²) in [5, 5.41) is 3.87. The molecule has 0 spiro atoms. The Morgan fingerprint density at radius 2 is 1.80 bits per heavy atom. The minimum atomic E-state index is -0.0979. The number of nitrogens with zero attached hydrogens (tertiary/aromatic N) is 1. The lowest BCUT2D eigenvalue weighted by atomic mass is 10.1. The van der Waals surface area contributed by atoms with Crippen molar-refractivity contribution in [1.29, 1.82) is 0 Å². The third-order valence-corrected chi connectivity index (χ3v) is 5.31. The van der Waals surface area contributed by atoms with Gasteiger partial charge in [-0.15, -0.1) is 0 Å². The molecule has 1 N–H and O–H groups in total. The quantitative estimate of drug-likeness (QED) is 0.781. The summed E-state index contributed by atoms with van der Waals surface area (Å²) in [7, 11) is 0. The van der Waals surface area contributed by atoms with Gasteiger partial charge >= 0.3 is 0 Å². The van der Waals surface area contributed by atoms with Gasteiger partial charge in [-0.1, -0.05) is 53.9 Å². The Balaban J connectivity index is 1.61. The van der Waals surface area contributed by atoms with Gasteiger partial charge in [-0.05, 0) is 55.3 Å². The van der Waals surface area contributed by atoms with Gasteiger partial charge in [0.15, 0.2) is 0 Å². The molecule has 0 radical (unpaired) electrons. The Morgan fingerprint density at radius 1 is 1.04 bits per heavy atom. The minimum Gasteiger partial charge on any atom is -0.326 e. The molecule has 1 heterocycles. The smallest absolute Gasteiger partial charge is 0.228 e. The van der Waals surface area contributed by atoms with Gasteiger partial charge in [0.1, 0.15) is 0 Å². The molecule has 132 valence electrons. The van der Waals surface area contributed by atoms with Crippen molar-refractivity contribution < 1.29 is 4.79 Å². The van der Waals surface area contributed by atoms with Crippen LogP contribution in [0.15, 0.2) is 42.5 Å². The van der Waals surface area contributed by atoms with Crippen molar-refractivity contribution in [3.05, 3.63) is 63.6 Å². The fraction of sp³-hybridized carbons (Fsp3) is 0.350. The van der Waals surface area contributed by atoms with Crippen LogP contribution in [0.1, 0.15) is 30.4 Å². The summed E-state index contributed by atoms with van der Waals surface area (Å²) >= 11 is 12.2. The van der Waals surface area contributed by atoms with E-state index in [0.717, 1.165) is 30.9 Å². The molecule has 0 bridgehead atoms. The Bertz CT molecular complexity index is 742. The predicted molar refractivity (Wildman–Crippen MR) is 104 cm³/mol. The van der Waals surface area contributed by atoms with E-state index in [9.17, 15) is 4.79 Å². The van der Waals surface area contributed by atoms with E-state index in [-0.39, 0.29) is 12.3 Å². The highest BCUT2D eigenvalue weighted by molar-refractivity contribution is 6.42. The van der Waals surface area contributed by atoms with Crippen molar-refractivity contribution in [2.45, 2.75) is 32.2 Å². The number of likely N-dealkylation sites (tertiary alicyclic amines) is 1. The number of rotatable bonds is 5. The first-order valence-corrected chi connectivity index (χ1v) is 9.41. The number of carbonyl (C=O) groups is 1. The summed E-state index contributed by atoms with van der Waals surface area (Å²) in [6.07, 6.45) is 4.09. The summed E-state index contributed by atoms with van der Waals surface area (Å²) in [6, 6.07) is 13.4. The fourth-order valence-corrected chi connectivity index (χ4v) is 3.57. The Hall–Kier alpha value is -1.55. The SMILES string of the molecule is O=C(Cc1cccc(Cl)c1Cl)Nc1cccc(CN2CCCCC2)c1. The van der Waals surface area contributed by atoms with Gasteiger partial charge in [0.2, 0.25) is 5.91 Å². The molecule has 2 aromatic rings. The van der Waals surface area contributed by atoms with Crippen molar-refractivity contribution in [2.24, 2.45) is 0 Å². The maximum atomic E-state index is 12.3. The molecule has 2 aromatic carbocycles. The van der Waals surface area contributed by atoms with E-state index in [0.29, 0.717) is 10.0 Å². The Morgan fingerprint density at radius 3 is 2.60 bits per heavy atom. The van der Waals surface area contributed by atoms with Crippen LogP contribution < -0.4 is 5.32 Å². The summed E-state index contributed by atoms with van der Waals surface area (Å²) in [6.45, 7) is 3.25. The molecular formula is C20H22Cl2N2O. The van der Waals surface area contributed by atoms with Gasteiger partial charge in [0, 0.05) is 12.2 Å². The molecule has 0 aliphatic carbocycles. The first-order valence-electron chi connectivity index (χ1n) is 8.66. The molecule has 1 aliphatic heterocycles. The zero-order chi connectivity index (χ0) is 17.6. The average Bonchev–Trinajstić information content (AvgIpc) is 2.60. The summed E-state index contributed by atoms with van der Waals surface area (Å²) in [5.74, 6) is -0.0979. The normalized spacial score (nSPS) is 15.1. The second-order valence-corrected chi connectivity index (χ2v) is 7.26. The molecule has 1 saturated heterocycles. The number of anilines is 1. The highest BCUT2D eigenvalue weighted by Crippen LogP contribution is 2.26. The first-order chi connectivity index (χ1) is 12.1. The molecule has 0 atom stereocenters. The summed E-state index contributed by atoms with van der Waals surface area (Å²) in [5.41, 5.74) is 2.77. The standard InChI is InChI=1S/C20H22Cl2N2O/c21-18-9-5-7-16(20(18)22)13-19(25)23-17-8-4-6-15(12-17)14-24-10-2-1-3-11-24/h4-9,12H,1-3,10-11,13-14H2,(H,23,25). The lowest BCUT2D eigenvalue weighted by molar-refractivity contribution is -0.115. The lowest BCUT2D eigenvalue weighted by Gasteiger charge is -2.26. The van der Waals surface area contributed by atoms with Crippen LogP contribution in [0.2, 0.25) is 10.0 Å². The zero-order valence-electron chi connectivity index (χ0n) is 14.1. The van der Waals surface area contributed by atoms with Crippen LogP contribution >= 0.6 is 23.2 Å². The molecule has 3 rings (SSSR count). The van der Waals surface area contributed by atoms with E-state index in [1.54, 1.807) is 12.1 Å². The molecule has 0 unspecified atom stereocenters. The molecule has 25 heavy (non-hydrogen) atoms. The van der Waals surface area contributed by atoms with Crippen molar-refractivity contribution in [3.8, 4) is 0 Å². The van der Waals surface area contributed by atoms with Crippen LogP contribution in [0.3, 0.4) is 0 Å². The third-order valence-electron chi connectivity index (χ3n) is 4.45. The second-order valence-electron chi connectivity index (χ2n) is 6.48. The molecule has 5 heteroatoms. The van der Waals surface area contributed by atoms with Gasteiger partial charge < -0.3 is 5.32 Å². The van der Waals surface area contributed by atoms with E-state index in [4.69, 9.17) is 23.2 Å². The van der Waals surface area contributed by atoms with Crippen LogP contribution in [0.4, 0.5) is 5.69 Å². The van der Waals surface area contributed by atoms with Crippen LogP contribution in [0, 0.1) is 0 Å². The average molecular weight is 377 g/mol. The van der Waals surface area contributed by atoms with Crippen molar-refractivity contribution in [3.63, 3.8) is 0 Å². The molecule has 1 aliphatic rings. The number of benzene rings is 2. The van der Waals surface area contributed by atoms with Crippen LogP contribution in [0.5, 0.6) is 0 Å². The summed E-state index contributed by atoms with van der Waals surface area (Å²) < 4.78 is 0. The predicted octanol–water partition coefficient (Wildman–Crippen LogP) is 5.16. The van der Waals surface area contributed by atoms with Gasteiger partial charge in [-0.25, -0.2) is 0 Å². The van der Waals surface area contributed by atoms with Crippen molar-refractivity contribution in [1.82, 2.24) is 4.90 Å². The molecular weight excluding hydrogens is 355 g/mol. The Kier molecular flexibility index (Phi) is 6.35. The van der Waals surface area contributed by atoms with Gasteiger partial charge in [0.25, 0.3) is 0 Å². The molecule has 1 fully saturated rings. The summed E-state index contributed by atoms with van der Waals surface area (Å²) in [4.78, 5) is 14.8. The zero-order valence-corrected chi connectivity index (χ0v) is 15.6. The third kappa shape index (κ3) is 5.21. The molecule has 0 saturated carbocycles. The maximum absolute atomic E-state index is 12.3. The van der Waals surface area contributed by atoms with Crippen molar-refractivity contribution in [2.75, 3.05) is 18.4 Å². The van der Waals surface area contributed by atoms with E-state index >= 15 is 0 Å². The number of carbonyl (C=O) groups excluding carboxylic acids is 1. The number of amides is 1. The number of hydrogen-bond donors (Lipinski definition) is 1. The number of nitrogens with one attached hydrogen (secondary N) is 1. The van der Waals surface area contributed by atoms with Gasteiger partial charge in [-0.3, -0.25) is 9.69 Å². The van der Waals surface area contributed by atoms with Crippen LogP contribution in [0.25, 0.3) is 0 Å². The van der Waals surface area contributed by atoms with E-state index in [1.807, 2.05) is 24.3 Å². The topological polar surface area (TPSA) is 32.3 Å². The van der Waals surface area contributed by atoms with E-state index in [2.05, 4.69) is 16.3 Å². The lowest BCUT2D eigenvalue weighted by Crippen LogP contribution is -2.29.